The molecule has 1 aromatic rings. The summed E-state index contributed by atoms with van der Waals surface area (Å²) in [6, 6.07) is 7.59. The maximum Gasteiger partial charge on any atom is 0.251 e. The van der Waals surface area contributed by atoms with Gasteiger partial charge in [0.25, 0.3) is 5.91 Å². The van der Waals surface area contributed by atoms with E-state index < -0.39 is 5.60 Å². The fourth-order valence-corrected chi connectivity index (χ4v) is 6.31. The molecule has 3 N–H and O–H groups in total. The van der Waals surface area contributed by atoms with Crippen LogP contribution < -0.4 is 15.5 Å². The summed E-state index contributed by atoms with van der Waals surface area (Å²) in [5.74, 6) is 0.154. The predicted molar refractivity (Wildman–Crippen MR) is 135 cm³/mol. The number of rotatable bonds is 9. The van der Waals surface area contributed by atoms with Crippen LogP contribution in [0.3, 0.4) is 0 Å². The number of carbonyl (C=O) groups excluding carboxylic acids is 2. The molecule has 0 aliphatic heterocycles. The Kier molecular flexibility index (Phi) is 7.98. The number of amides is 2. The molecule has 190 valence electrons. The van der Waals surface area contributed by atoms with E-state index in [-0.39, 0.29) is 34.6 Å². The molecule has 7 heteroatoms. The highest BCUT2D eigenvalue weighted by molar-refractivity contribution is 5.94. The van der Waals surface area contributed by atoms with Crippen LogP contribution >= 0.6 is 0 Å². The Morgan fingerprint density at radius 3 is 2.41 bits per heavy atom. The number of hydrogen-bond donors (Lipinski definition) is 3. The van der Waals surface area contributed by atoms with Gasteiger partial charge in [0, 0.05) is 51.5 Å². The Bertz CT molecular complexity index is 865. The molecule has 0 spiro atoms. The lowest BCUT2D eigenvalue weighted by atomic mass is 9.57. The molecule has 0 unspecified atom stereocenters. The molecular formula is C27H43N3O4. The number of carbonyl (C=O) groups is 2. The van der Waals surface area contributed by atoms with E-state index in [9.17, 15) is 14.7 Å². The van der Waals surface area contributed by atoms with Gasteiger partial charge in [0.05, 0.1) is 12.2 Å². The maximum absolute atomic E-state index is 13.3. The largest absolute Gasteiger partial charge is 0.390 e. The monoisotopic (exact) mass is 473 g/mol. The van der Waals surface area contributed by atoms with Crippen LogP contribution in [0.5, 0.6) is 0 Å². The van der Waals surface area contributed by atoms with Crippen molar-refractivity contribution in [2.45, 2.75) is 70.9 Å². The van der Waals surface area contributed by atoms with Crippen LogP contribution in [0.25, 0.3) is 0 Å². The fraction of sp³-hybridized carbons (Fsp3) is 0.704. The van der Waals surface area contributed by atoms with Crippen LogP contribution in [0.4, 0.5) is 5.69 Å². The van der Waals surface area contributed by atoms with Gasteiger partial charge in [0.1, 0.15) is 0 Å². The van der Waals surface area contributed by atoms with Crippen molar-refractivity contribution in [2.75, 3.05) is 39.3 Å². The van der Waals surface area contributed by atoms with Crippen LogP contribution in [0.1, 0.15) is 69.7 Å². The Hall–Kier alpha value is -2.12. The van der Waals surface area contributed by atoms with Gasteiger partial charge < -0.3 is 25.4 Å². The summed E-state index contributed by atoms with van der Waals surface area (Å²) >= 11 is 0. The third-order valence-electron chi connectivity index (χ3n) is 8.23. The van der Waals surface area contributed by atoms with E-state index in [0.717, 1.165) is 18.5 Å². The minimum atomic E-state index is -0.715. The molecule has 0 radical (unpaired) electrons. The zero-order valence-corrected chi connectivity index (χ0v) is 21.7. The number of nitrogens with zero attached hydrogens (tertiary/aromatic N) is 1. The number of methoxy groups -OCH3 is 1. The first kappa shape index (κ1) is 26.5. The fourth-order valence-electron chi connectivity index (χ4n) is 6.31. The molecule has 0 heterocycles. The lowest BCUT2D eigenvalue weighted by Crippen LogP contribution is -2.52. The lowest BCUT2D eigenvalue weighted by molar-refractivity contribution is -0.123. The first-order chi connectivity index (χ1) is 15.9. The van der Waals surface area contributed by atoms with Crippen molar-refractivity contribution in [3.8, 4) is 0 Å². The summed E-state index contributed by atoms with van der Waals surface area (Å²) in [7, 11) is 5.57. The van der Waals surface area contributed by atoms with Crippen molar-refractivity contribution in [1.82, 2.24) is 10.6 Å². The molecule has 2 aliphatic carbocycles. The van der Waals surface area contributed by atoms with Gasteiger partial charge in [-0.3, -0.25) is 9.59 Å². The van der Waals surface area contributed by atoms with Crippen molar-refractivity contribution in [3.05, 3.63) is 29.8 Å². The van der Waals surface area contributed by atoms with Gasteiger partial charge in [0.15, 0.2) is 0 Å². The molecule has 0 bridgehead atoms. The average molecular weight is 474 g/mol. The van der Waals surface area contributed by atoms with Crippen molar-refractivity contribution in [2.24, 2.45) is 16.7 Å². The van der Waals surface area contributed by atoms with Gasteiger partial charge in [-0.05, 0) is 80.0 Å². The van der Waals surface area contributed by atoms with E-state index in [1.54, 1.807) is 7.11 Å². The van der Waals surface area contributed by atoms with Gasteiger partial charge in [-0.25, -0.2) is 0 Å². The SMILES string of the molecule is COCCNC(=O)CC[C@@]12CC[C@@](C)(O)C[C@H]1C(C)(C)C[C@@H]2NC(=O)c1ccc(N(C)C)cc1. The highest BCUT2D eigenvalue weighted by Crippen LogP contribution is 2.63. The highest BCUT2D eigenvalue weighted by Gasteiger charge is 2.61. The number of aliphatic hydroxyl groups is 1. The van der Waals surface area contributed by atoms with Crippen LogP contribution in [-0.4, -0.2) is 62.9 Å². The van der Waals surface area contributed by atoms with Gasteiger partial charge in [-0.2, -0.15) is 0 Å². The van der Waals surface area contributed by atoms with E-state index in [1.165, 1.54) is 0 Å². The molecular weight excluding hydrogens is 430 g/mol. The Labute approximate surface area is 204 Å². The third kappa shape index (κ3) is 5.74. The molecule has 7 nitrogen and oxygen atoms in total. The third-order valence-corrected chi connectivity index (χ3v) is 8.23. The van der Waals surface area contributed by atoms with Gasteiger partial charge in [0.2, 0.25) is 5.91 Å². The van der Waals surface area contributed by atoms with Crippen molar-refractivity contribution >= 4 is 17.5 Å². The first-order valence-electron chi connectivity index (χ1n) is 12.5. The second kappa shape index (κ2) is 10.2. The molecule has 0 aromatic heterocycles. The molecule has 2 fully saturated rings. The van der Waals surface area contributed by atoms with Crippen molar-refractivity contribution in [3.63, 3.8) is 0 Å². The van der Waals surface area contributed by atoms with Gasteiger partial charge in [-0.1, -0.05) is 13.8 Å². The summed E-state index contributed by atoms with van der Waals surface area (Å²) in [5.41, 5.74) is 0.700. The second-order valence-corrected chi connectivity index (χ2v) is 11.5. The summed E-state index contributed by atoms with van der Waals surface area (Å²) in [4.78, 5) is 27.9. The highest BCUT2D eigenvalue weighted by atomic mass is 16.5. The molecule has 2 amide bonds. The van der Waals surface area contributed by atoms with Crippen LogP contribution in [0.2, 0.25) is 0 Å². The zero-order chi connectivity index (χ0) is 25.1. The number of fused-ring (bicyclic) bond motifs is 1. The topological polar surface area (TPSA) is 90.9 Å². The van der Waals surface area contributed by atoms with Crippen molar-refractivity contribution < 1.29 is 19.4 Å². The Morgan fingerprint density at radius 2 is 1.79 bits per heavy atom. The number of benzene rings is 1. The molecule has 2 saturated carbocycles. The normalized spacial score (nSPS) is 29.9. The minimum Gasteiger partial charge on any atom is -0.390 e. The zero-order valence-electron chi connectivity index (χ0n) is 21.7. The lowest BCUT2D eigenvalue weighted by Gasteiger charge is -2.50. The average Bonchev–Trinajstić information content (AvgIpc) is 2.98. The molecule has 2 aliphatic rings. The van der Waals surface area contributed by atoms with E-state index in [1.807, 2.05) is 50.2 Å². The van der Waals surface area contributed by atoms with E-state index in [0.29, 0.717) is 44.4 Å². The standard InChI is InChI=1S/C27H43N3O4/c1-25(2)18-22(29-24(32)19-7-9-20(10-8-19)30(4)5)27(12-11-23(31)28-15-16-34-6)14-13-26(3,33)17-21(25)27/h7-10,21-22,33H,11-18H2,1-6H3,(H,28,31)(H,29,32)/t21-,22-,26+,27+/m0/s1. The Balaban J connectivity index is 1.82. The molecule has 0 saturated heterocycles. The Morgan fingerprint density at radius 1 is 1.12 bits per heavy atom. The molecule has 1 aromatic carbocycles. The number of nitrogens with one attached hydrogen (secondary N) is 2. The summed E-state index contributed by atoms with van der Waals surface area (Å²) in [6.07, 6.45) is 4.09. The quantitative estimate of drug-likeness (QED) is 0.479. The van der Waals surface area contributed by atoms with Crippen LogP contribution in [-0.2, 0) is 9.53 Å². The molecule has 34 heavy (non-hydrogen) atoms. The summed E-state index contributed by atoms with van der Waals surface area (Å²) in [5, 5.41) is 17.2. The summed E-state index contributed by atoms with van der Waals surface area (Å²) < 4.78 is 5.04. The van der Waals surface area contributed by atoms with Gasteiger partial charge in [-0.15, -0.1) is 0 Å². The number of ether oxygens (including phenoxy) is 1. The van der Waals surface area contributed by atoms with Crippen molar-refractivity contribution in [1.29, 1.82) is 0 Å². The minimum absolute atomic E-state index is 0.0107. The van der Waals surface area contributed by atoms with Crippen LogP contribution in [0.15, 0.2) is 24.3 Å². The van der Waals surface area contributed by atoms with Gasteiger partial charge >= 0.3 is 0 Å². The second-order valence-electron chi connectivity index (χ2n) is 11.5. The summed E-state index contributed by atoms with van der Waals surface area (Å²) in [6.45, 7) is 7.38. The maximum atomic E-state index is 13.3. The van der Waals surface area contributed by atoms with E-state index in [2.05, 4.69) is 24.5 Å². The number of hydrogen-bond acceptors (Lipinski definition) is 5. The smallest absolute Gasteiger partial charge is 0.251 e. The van der Waals surface area contributed by atoms with Crippen LogP contribution in [0, 0.1) is 16.7 Å². The first-order valence-corrected chi connectivity index (χ1v) is 12.5. The molecule has 3 rings (SSSR count). The molecule has 4 atom stereocenters. The van der Waals surface area contributed by atoms with E-state index >= 15 is 0 Å². The van der Waals surface area contributed by atoms with E-state index in [4.69, 9.17) is 4.74 Å². The predicted octanol–water partition coefficient (Wildman–Crippen LogP) is 3.36. The number of anilines is 1.